The van der Waals surface area contributed by atoms with Crippen LogP contribution in [-0.2, 0) is 39.9 Å². The summed E-state index contributed by atoms with van der Waals surface area (Å²) < 4.78 is 24.1. The van der Waals surface area contributed by atoms with Gasteiger partial charge in [0.05, 0.1) is 74.5 Å². The average molecular weight is 1050 g/mol. The predicted molar refractivity (Wildman–Crippen MR) is 286 cm³/mol. The van der Waals surface area contributed by atoms with E-state index < -0.39 is 35.4 Å². The molecule has 20 nitrogen and oxygen atoms in total. The Morgan fingerprint density at radius 3 is 2.13 bits per heavy atom. The fraction of sp³-hybridized carbons (Fsp3) is 0.481. The van der Waals surface area contributed by atoms with E-state index in [1.165, 1.54) is 4.90 Å². The highest BCUT2D eigenvalue weighted by atomic mass is 32.1. The predicted octanol–water partition coefficient (Wildman–Crippen LogP) is 4.73. The molecule has 0 saturated carbocycles. The lowest BCUT2D eigenvalue weighted by Gasteiger charge is -2.35. The minimum absolute atomic E-state index is 0.0233. The minimum Gasteiger partial charge on any atom is -0.391 e. The summed E-state index contributed by atoms with van der Waals surface area (Å²) >= 11 is 1.57. The van der Waals surface area contributed by atoms with E-state index in [4.69, 9.17) is 24.0 Å². The first-order chi connectivity index (χ1) is 36.0. The number of β-amino-alcohol motifs (C(OH)–C–C–N with tert-alkyl or cyclic N) is 1. The molecular weight excluding hydrogens is 979 g/mol. The zero-order valence-corrected chi connectivity index (χ0v) is 44.9. The van der Waals surface area contributed by atoms with Gasteiger partial charge in [0.2, 0.25) is 17.7 Å². The Morgan fingerprint density at radius 2 is 1.49 bits per heavy atom. The van der Waals surface area contributed by atoms with Crippen molar-refractivity contribution in [2.45, 2.75) is 84.8 Å². The van der Waals surface area contributed by atoms with Crippen LogP contribution in [0.1, 0.15) is 73.2 Å². The van der Waals surface area contributed by atoms with Crippen LogP contribution in [0.15, 0.2) is 78.3 Å². The third-order valence-corrected chi connectivity index (χ3v) is 13.9. The third-order valence-electron chi connectivity index (χ3n) is 12.9. The minimum atomic E-state index is -0.975. The Balaban J connectivity index is 0.732. The molecule has 4 heterocycles. The molecule has 3 aromatic heterocycles. The van der Waals surface area contributed by atoms with Gasteiger partial charge in [0.1, 0.15) is 18.7 Å². The molecule has 0 bridgehead atoms. The molecule has 7 rings (SSSR count). The second kappa shape index (κ2) is 26.3. The zero-order valence-electron chi connectivity index (χ0n) is 44.1. The van der Waals surface area contributed by atoms with Gasteiger partial charge in [-0.05, 0) is 69.1 Å². The van der Waals surface area contributed by atoms with Gasteiger partial charge in [-0.3, -0.25) is 19.2 Å². The van der Waals surface area contributed by atoms with Gasteiger partial charge in [-0.15, -0.1) is 26.6 Å². The van der Waals surface area contributed by atoms with Gasteiger partial charge in [-0.1, -0.05) is 81.4 Å². The number of carbonyl (C=O) groups excluding carboxylic acids is 4. The van der Waals surface area contributed by atoms with Gasteiger partial charge in [-0.25, -0.2) is 4.98 Å². The summed E-state index contributed by atoms with van der Waals surface area (Å²) in [5.41, 5.74) is 6.30. The second-order valence-electron chi connectivity index (χ2n) is 19.9. The number of hydrogen-bond acceptors (Lipinski definition) is 16. The Bertz CT molecular complexity index is 2850. The highest BCUT2D eigenvalue weighted by molar-refractivity contribution is 7.13. The lowest BCUT2D eigenvalue weighted by atomic mass is 9.85. The molecule has 1 fully saturated rings. The second-order valence-corrected chi connectivity index (χ2v) is 20.8. The average Bonchev–Trinajstić information content (AvgIpc) is 4.12. The summed E-state index contributed by atoms with van der Waals surface area (Å²) in [5.74, 6) is -0.0745. The van der Waals surface area contributed by atoms with E-state index in [1.54, 1.807) is 15.9 Å². The maximum absolute atomic E-state index is 13.9. The zero-order chi connectivity index (χ0) is 53.6. The number of ether oxygens (including phenoxy) is 4. The number of nitrogens with one attached hydrogen (secondary N) is 4. The Labute approximate surface area is 441 Å². The normalized spacial score (nSPS) is 16.1. The fourth-order valence-electron chi connectivity index (χ4n) is 9.10. The summed E-state index contributed by atoms with van der Waals surface area (Å²) in [5, 5.41) is 38.1. The number of aliphatic hydroxyl groups is 1. The van der Waals surface area contributed by atoms with E-state index in [0.717, 1.165) is 43.9 Å². The number of amides is 4. The fourth-order valence-corrected chi connectivity index (χ4v) is 9.91. The molecule has 1 saturated heterocycles. The van der Waals surface area contributed by atoms with Gasteiger partial charge in [0.25, 0.3) is 5.91 Å². The molecule has 0 radical (unpaired) electrons. The molecule has 3 aromatic carbocycles. The number of likely N-dealkylation sites (N-methyl/N-ethyl adjacent to an activating group) is 1. The molecular formula is C54H71N11O9S. The number of aliphatic hydroxyl groups excluding tert-OH is 1. The van der Waals surface area contributed by atoms with Crippen LogP contribution < -0.4 is 21.3 Å². The van der Waals surface area contributed by atoms with Crippen molar-refractivity contribution in [1.82, 2.24) is 50.5 Å². The third kappa shape index (κ3) is 14.9. The number of aromatic nitrogens is 5. The van der Waals surface area contributed by atoms with Gasteiger partial charge in [0, 0.05) is 48.4 Å². The molecule has 5 N–H and O–H groups in total. The van der Waals surface area contributed by atoms with Crippen LogP contribution in [-0.4, -0.2) is 168 Å². The van der Waals surface area contributed by atoms with Crippen molar-refractivity contribution in [3.05, 3.63) is 107 Å². The highest BCUT2D eigenvalue weighted by Gasteiger charge is 2.44. The number of thiazole rings is 1. The molecule has 4 amide bonds. The van der Waals surface area contributed by atoms with E-state index in [0.29, 0.717) is 56.6 Å². The van der Waals surface area contributed by atoms with Crippen LogP contribution in [0.2, 0.25) is 0 Å². The number of benzene rings is 3. The summed E-state index contributed by atoms with van der Waals surface area (Å²) in [4.78, 5) is 62.2. The summed E-state index contributed by atoms with van der Waals surface area (Å²) in [6, 6.07) is 21.5. The first-order valence-corrected chi connectivity index (χ1v) is 26.2. The number of rotatable bonds is 26. The van der Waals surface area contributed by atoms with Crippen LogP contribution in [0, 0.1) is 19.3 Å². The number of likely N-dealkylation sites (tertiary alicyclic amines) is 1. The van der Waals surface area contributed by atoms with Gasteiger partial charge < -0.3 is 55.1 Å². The van der Waals surface area contributed by atoms with Crippen LogP contribution in [0.5, 0.6) is 0 Å². The molecule has 402 valence electrons. The quantitative estimate of drug-likeness (QED) is 0.0462. The van der Waals surface area contributed by atoms with Crippen molar-refractivity contribution in [2.24, 2.45) is 5.41 Å². The summed E-state index contributed by atoms with van der Waals surface area (Å²) in [6.07, 6.45) is -0.788. The van der Waals surface area contributed by atoms with Crippen molar-refractivity contribution >= 4 is 57.2 Å². The molecule has 0 aliphatic carbocycles. The topological polar surface area (TPSA) is 236 Å². The maximum atomic E-state index is 13.9. The SMILES string of the molecule is Cc1ncsc1-c1ccc(CNC(=O)[C@@H]2C[C@@H](O)CN2C(=O)[C@@H](NC(=O)COCCOCCOCCOCCNC(=O)c2ccc([C@H]([C@@H](C)Nc3nn4c(C)nnc4c4ccccc34)N(C)C)cc2)C(C)(C)C)cc1. The van der Waals surface area contributed by atoms with Crippen molar-refractivity contribution < 1.29 is 43.2 Å². The first kappa shape index (κ1) is 56.3. The van der Waals surface area contributed by atoms with Gasteiger partial charge in [-0.2, -0.15) is 4.52 Å². The molecule has 75 heavy (non-hydrogen) atoms. The number of hydrogen-bond donors (Lipinski definition) is 5. The Morgan fingerprint density at radius 1 is 0.840 bits per heavy atom. The van der Waals surface area contributed by atoms with Crippen molar-refractivity contribution in [3.63, 3.8) is 0 Å². The standard InChI is InChI=1S/C54H71N11O9S/c1-34(58-49-42-11-9-10-12-43(42)50-61-60-36(3)65(50)62-49)46(63(7)8)38-17-19-40(20-18-38)51(68)55-21-22-71-23-24-72-25-26-73-27-28-74-32-45(67)59-48(54(4,5)6)53(70)64-31-41(66)29-44(64)52(69)56-30-37-13-15-39(16-14-37)47-35(2)57-33-75-47/h9-20,33-34,41,44,46,48,66H,21-32H2,1-8H3,(H,55,68)(H,56,69)(H,58,62)(H,59,67)/t34-,41-,44+,46+,48-/m1/s1. The van der Waals surface area contributed by atoms with E-state index in [2.05, 4.69) is 48.3 Å². The van der Waals surface area contributed by atoms with Gasteiger partial charge in [0.15, 0.2) is 17.3 Å². The molecule has 0 spiro atoms. The highest BCUT2D eigenvalue weighted by Crippen LogP contribution is 2.31. The summed E-state index contributed by atoms with van der Waals surface area (Å²) in [7, 11) is 4.05. The molecule has 1 aliphatic rings. The Kier molecular flexibility index (Phi) is 19.8. The number of fused-ring (bicyclic) bond motifs is 3. The molecule has 6 aromatic rings. The van der Waals surface area contributed by atoms with E-state index in [9.17, 15) is 24.3 Å². The largest absolute Gasteiger partial charge is 0.391 e. The van der Waals surface area contributed by atoms with Crippen LogP contribution in [0.4, 0.5) is 5.82 Å². The van der Waals surface area contributed by atoms with Gasteiger partial charge >= 0.3 is 0 Å². The molecule has 1 aliphatic heterocycles. The monoisotopic (exact) mass is 1050 g/mol. The molecule has 5 atom stereocenters. The van der Waals surface area contributed by atoms with Crippen molar-refractivity contribution in [2.75, 3.05) is 85.4 Å². The number of anilines is 1. The number of nitrogens with zero attached hydrogens (tertiary/aromatic N) is 7. The van der Waals surface area contributed by atoms with Crippen molar-refractivity contribution in [1.29, 1.82) is 0 Å². The Hall–Kier alpha value is -6.46. The van der Waals surface area contributed by atoms with E-state index >= 15 is 0 Å². The number of carbonyl (C=O) groups is 4. The molecule has 21 heteroatoms. The van der Waals surface area contributed by atoms with E-state index in [-0.39, 0.29) is 63.2 Å². The lowest BCUT2D eigenvalue weighted by molar-refractivity contribution is -0.144. The molecule has 0 unspecified atom stereocenters. The van der Waals surface area contributed by atoms with Crippen LogP contribution >= 0.6 is 11.3 Å². The lowest BCUT2D eigenvalue weighted by Crippen LogP contribution is -2.58. The first-order valence-electron chi connectivity index (χ1n) is 25.3. The van der Waals surface area contributed by atoms with Crippen LogP contribution in [0.25, 0.3) is 26.9 Å². The van der Waals surface area contributed by atoms with Crippen molar-refractivity contribution in [3.8, 4) is 10.4 Å². The summed E-state index contributed by atoms with van der Waals surface area (Å²) in [6.45, 7) is 13.7. The number of aryl methyl sites for hydroxylation is 2. The van der Waals surface area contributed by atoms with Crippen LogP contribution in [0.3, 0.4) is 0 Å². The van der Waals surface area contributed by atoms with E-state index in [1.807, 2.05) is 127 Å². The maximum Gasteiger partial charge on any atom is 0.251 e. The smallest absolute Gasteiger partial charge is 0.251 e.